The van der Waals surface area contributed by atoms with Gasteiger partial charge in [-0.2, -0.15) is 0 Å². The molecule has 0 unspecified atom stereocenters. The molecule has 0 bridgehead atoms. The molecule has 0 radical (unpaired) electrons. The molecule has 2 aliphatic rings. The topological polar surface area (TPSA) is 45.5 Å². The maximum absolute atomic E-state index is 12.6. The Morgan fingerprint density at radius 3 is 2.54 bits per heavy atom. The first-order valence-corrected chi connectivity index (χ1v) is 10.2. The summed E-state index contributed by atoms with van der Waals surface area (Å²) in [5.74, 6) is 1.24. The van der Waals surface area contributed by atoms with Crippen molar-refractivity contribution >= 4 is 16.9 Å². The van der Waals surface area contributed by atoms with Crippen molar-refractivity contribution < 1.29 is 9.21 Å². The Balaban J connectivity index is 1.26. The molecule has 3 aromatic rings. The molecule has 4 heteroatoms. The van der Waals surface area contributed by atoms with E-state index in [0.717, 1.165) is 55.8 Å². The summed E-state index contributed by atoms with van der Waals surface area (Å²) < 4.78 is 6.10. The molecule has 2 fully saturated rings. The molecular weight excluding hydrogens is 348 g/mol. The van der Waals surface area contributed by atoms with Crippen molar-refractivity contribution in [2.24, 2.45) is 0 Å². The van der Waals surface area contributed by atoms with Crippen molar-refractivity contribution in [1.82, 2.24) is 10.2 Å². The lowest BCUT2D eigenvalue weighted by Crippen LogP contribution is -2.50. The van der Waals surface area contributed by atoms with E-state index in [-0.39, 0.29) is 17.4 Å². The van der Waals surface area contributed by atoms with Gasteiger partial charge in [0.25, 0.3) is 0 Å². The van der Waals surface area contributed by atoms with Gasteiger partial charge in [-0.05, 0) is 43.4 Å². The minimum Gasteiger partial charge on any atom is -0.459 e. The van der Waals surface area contributed by atoms with Gasteiger partial charge in [0.05, 0.1) is 12.5 Å². The summed E-state index contributed by atoms with van der Waals surface area (Å²) in [5, 5.41) is 4.55. The summed E-state index contributed by atoms with van der Waals surface area (Å²) in [6.45, 7) is 4.96. The third-order valence-corrected chi connectivity index (χ3v) is 6.62. The largest absolute Gasteiger partial charge is 0.459 e. The lowest BCUT2D eigenvalue weighted by molar-refractivity contribution is -0.121. The van der Waals surface area contributed by atoms with Crippen LogP contribution in [0.4, 0.5) is 0 Å². The Morgan fingerprint density at radius 2 is 1.79 bits per heavy atom. The number of benzene rings is 2. The number of rotatable bonds is 3. The summed E-state index contributed by atoms with van der Waals surface area (Å²) in [6, 6.07) is 18.4. The molecule has 0 aliphatic carbocycles. The number of furan rings is 1. The van der Waals surface area contributed by atoms with Crippen LogP contribution in [-0.4, -0.2) is 29.4 Å². The number of hydrogen-bond acceptors (Lipinski definition) is 3. The number of hydrogen-bond donors (Lipinski definition) is 1. The average Bonchev–Trinajstić information content (AvgIpc) is 3.22. The number of piperidine rings is 1. The Morgan fingerprint density at radius 1 is 1.07 bits per heavy atom. The third kappa shape index (κ3) is 3.02. The number of aryl methyl sites for hydroxylation is 1. The normalized spacial score (nSPS) is 22.0. The fourth-order valence-electron chi connectivity index (χ4n) is 4.88. The number of para-hydroxylation sites is 1. The first-order valence-electron chi connectivity index (χ1n) is 10.2. The minimum absolute atomic E-state index is 0.00892. The van der Waals surface area contributed by atoms with Crippen LogP contribution >= 0.6 is 0 Å². The predicted molar refractivity (Wildman–Crippen MR) is 110 cm³/mol. The van der Waals surface area contributed by atoms with Crippen LogP contribution in [0.1, 0.15) is 42.1 Å². The maximum Gasteiger partial charge on any atom is 0.228 e. The quantitative estimate of drug-likeness (QED) is 0.740. The van der Waals surface area contributed by atoms with Gasteiger partial charge in [-0.15, -0.1) is 0 Å². The highest BCUT2D eigenvalue weighted by Gasteiger charge is 2.46. The van der Waals surface area contributed by atoms with Gasteiger partial charge in [0, 0.05) is 24.0 Å². The van der Waals surface area contributed by atoms with Gasteiger partial charge >= 0.3 is 0 Å². The molecule has 2 aliphatic heterocycles. The van der Waals surface area contributed by atoms with Crippen LogP contribution in [-0.2, 0) is 11.3 Å². The van der Waals surface area contributed by atoms with E-state index in [0.29, 0.717) is 0 Å². The summed E-state index contributed by atoms with van der Waals surface area (Å²) in [7, 11) is 0. The molecule has 28 heavy (non-hydrogen) atoms. The Bertz CT molecular complexity index is 1000. The highest BCUT2D eigenvalue weighted by molar-refractivity contribution is 5.87. The summed E-state index contributed by atoms with van der Waals surface area (Å²) in [5.41, 5.74) is 3.31. The zero-order valence-electron chi connectivity index (χ0n) is 16.3. The minimum atomic E-state index is -0.0446. The van der Waals surface area contributed by atoms with Crippen LogP contribution in [0.15, 0.2) is 59.0 Å². The van der Waals surface area contributed by atoms with Crippen molar-refractivity contribution in [1.29, 1.82) is 0 Å². The van der Waals surface area contributed by atoms with Crippen LogP contribution < -0.4 is 5.32 Å². The average molecular weight is 374 g/mol. The monoisotopic (exact) mass is 374 g/mol. The highest BCUT2D eigenvalue weighted by Crippen LogP contribution is 2.39. The second-order valence-corrected chi connectivity index (χ2v) is 8.36. The molecule has 144 valence electrons. The van der Waals surface area contributed by atoms with E-state index in [2.05, 4.69) is 41.4 Å². The smallest absolute Gasteiger partial charge is 0.228 e. The molecule has 4 nitrogen and oxygen atoms in total. The summed E-state index contributed by atoms with van der Waals surface area (Å²) >= 11 is 0. The van der Waals surface area contributed by atoms with Gasteiger partial charge in [-0.1, -0.05) is 48.5 Å². The number of likely N-dealkylation sites (tertiary alicyclic amines) is 1. The Kier molecular flexibility index (Phi) is 4.24. The molecule has 2 aromatic carbocycles. The fraction of sp³-hybridized carbons (Fsp3) is 0.375. The Hall–Kier alpha value is -2.59. The molecule has 1 amide bonds. The van der Waals surface area contributed by atoms with Crippen molar-refractivity contribution in [3.05, 3.63) is 71.5 Å². The highest BCUT2D eigenvalue weighted by atomic mass is 16.3. The van der Waals surface area contributed by atoms with Crippen molar-refractivity contribution in [3.63, 3.8) is 0 Å². The number of amides is 1. The van der Waals surface area contributed by atoms with E-state index in [1.54, 1.807) is 0 Å². The molecule has 1 N–H and O–H groups in total. The third-order valence-electron chi connectivity index (χ3n) is 6.62. The van der Waals surface area contributed by atoms with Gasteiger partial charge < -0.3 is 9.73 Å². The summed E-state index contributed by atoms with van der Waals surface area (Å²) in [4.78, 5) is 15.1. The van der Waals surface area contributed by atoms with E-state index in [9.17, 15) is 4.79 Å². The Labute approximate surface area is 165 Å². The van der Waals surface area contributed by atoms with Gasteiger partial charge in [-0.25, -0.2) is 0 Å². The van der Waals surface area contributed by atoms with Crippen LogP contribution in [0.5, 0.6) is 0 Å². The van der Waals surface area contributed by atoms with Gasteiger partial charge in [0.1, 0.15) is 11.3 Å². The molecule has 5 rings (SSSR count). The number of carbonyl (C=O) groups excluding carboxylic acids is 1. The van der Waals surface area contributed by atoms with E-state index in [1.165, 1.54) is 10.9 Å². The maximum atomic E-state index is 12.6. The first-order chi connectivity index (χ1) is 13.6. The van der Waals surface area contributed by atoms with Crippen molar-refractivity contribution in [2.45, 2.75) is 44.2 Å². The SMILES string of the molecule is Cc1c(CN2CCC3(CC2)C[C@H](c2ccccc2)C(=O)N3)oc2ccccc12. The van der Waals surface area contributed by atoms with Gasteiger partial charge in [0.15, 0.2) is 0 Å². The van der Waals surface area contributed by atoms with Gasteiger partial charge in [-0.3, -0.25) is 9.69 Å². The van der Waals surface area contributed by atoms with E-state index in [1.807, 2.05) is 30.3 Å². The van der Waals surface area contributed by atoms with Crippen LogP contribution in [0.2, 0.25) is 0 Å². The molecule has 1 spiro atoms. The zero-order chi connectivity index (χ0) is 19.1. The molecular formula is C24H26N2O2. The standard InChI is InChI=1S/C24H26N2O2/c1-17-19-9-5-6-10-21(19)28-22(17)16-26-13-11-24(12-14-26)15-20(23(27)25-24)18-7-3-2-4-8-18/h2-10,20H,11-16H2,1H3,(H,25,27)/t20-/m1/s1. The lowest BCUT2D eigenvalue weighted by Gasteiger charge is -2.39. The second kappa shape index (κ2) is 6.78. The van der Waals surface area contributed by atoms with Crippen molar-refractivity contribution in [2.75, 3.05) is 13.1 Å². The van der Waals surface area contributed by atoms with Gasteiger partial charge in [0.2, 0.25) is 5.91 Å². The van der Waals surface area contributed by atoms with Crippen LogP contribution in [0.3, 0.4) is 0 Å². The molecule has 3 heterocycles. The second-order valence-electron chi connectivity index (χ2n) is 8.36. The van der Waals surface area contributed by atoms with E-state index in [4.69, 9.17) is 4.42 Å². The predicted octanol–water partition coefficient (Wildman–Crippen LogP) is 4.38. The van der Waals surface area contributed by atoms with E-state index < -0.39 is 0 Å². The first kappa shape index (κ1) is 17.5. The number of nitrogens with one attached hydrogen (secondary N) is 1. The summed E-state index contributed by atoms with van der Waals surface area (Å²) in [6.07, 6.45) is 2.91. The van der Waals surface area contributed by atoms with Crippen molar-refractivity contribution in [3.8, 4) is 0 Å². The van der Waals surface area contributed by atoms with Crippen LogP contribution in [0.25, 0.3) is 11.0 Å². The zero-order valence-corrected chi connectivity index (χ0v) is 16.3. The van der Waals surface area contributed by atoms with E-state index >= 15 is 0 Å². The molecule has 0 saturated carbocycles. The number of fused-ring (bicyclic) bond motifs is 1. The molecule has 1 atom stereocenters. The molecule has 2 saturated heterocycles. The fourth-order valence-corrected chi connectivity index (χ4v) is 4.88. The molecule has 1 aromatic heterocycles. The van der Waals surface area contributed by atoms with Crippen LogP contribution in [0, 0.1) is 6.92 Å². The number of nitrogens with zero attached hydrogens (tertiary/aromatic N) is 1. The number of carbonyl (C=O) groups is 1. The lowest BCUT2D eigenvalue weighted by atomic mass is 9.82.